The number of nitrogens with two attached hydrogens (primary N) is 1. The lowest BCUT2D eigenvalue weighted by atomic mass is 9.95. The molecule has 1 amide bonds. The zero-order chi connectivity index (χ0) is 12.7. The van der Waals surface area contributed by atoms with Crippen molar-refractivity contribution >= 4 is 24.0 Å². The van der Waals surface area contributed by atoms with E-state index in [2.05, 4.69) is 5.32 Å². The Labute approximate surface area is 119 Å². The second kappa shape index (κ2) is 5.39. The molecule has 4 nitrogen and oxygen atoms in total. The third kappa shape index (κ3) is 2.69. The average Bonchev–Trinajstić information content (AvgIpc) is 2.94. The van der Waals surface area contributed by atoms with E-state index in [0.717, 1.165) is 24.8 Å². The first-order chi connectivity index (χ1) is 8.63. The minimum atomic E-state index is -0.0408. The highest BCUT2D eigenvalue weighted by Gasteiger charge is 2.41. The van der Waals surface area contributed by atoms with Crippen LogP contribution < -0.4 is 11.1 Å². The molecule has 3 unspecified atom stereocenters. The molecule has 2 aliphatic heterocycles. The summed E-state index contributed by atoms with van der Waals surface area (Å²) in [5, 5.41) is 3.08. The summed E-state index contributed by atoms with van der Waals surface area (Å²) in [7, 11) is 0. The van der Waals surface area contributed by atoms with Gasteiger partial charge >= 0.3 is 0 Å². The van der Waals surface area contributed by atoms with Gasteiger partial charge in [-0.3, -0.25) is 4.79 Å². The molecule has 104 valence electrons. The van der Waals surface area contributed by atoms with Crippen LogP contribution >= 0.6 is 12.4 Å². The highest BCUT2D eigenvalue weighted by atomic mass is 35.5. The molecule has 2 heterocycles. The fourth-order valence-electron chi connectivity index (χ4n) is 2.92. The number of carbonyl (C=O) groups is 1. The van der Waals surface area contributed by atoms with Gasteiger partial charge in [0.1, 0.15) is 0 Å². The fourth-order valence-corrected chi connectivity index (χ4v) is 2.92. The molecule has 0 aliphatic carbocycles. The Morgan fingerprint density at radius 1 is 1.42 bits per heavy atom. The number of hydrogen-bond donors (Lipinski definition) is 2. The van der Waals surface area contributed by atoms with Crippen LogP contribution in [0.15, 0.2) is 18.2 Å². The van der Waals surface area contributed by atoms with Gasteiger partial charge in [0, 0.05) is 11.3 Å². The van der Waals surface area contributed by atoms with E-state index in [1.165, 1.54) is 0 Å². The van der Waals surface area contributed by atoms with Gasteiger partial charge in [0.25, 0.3) is 5.91 Å². The van der Waals surface area contributed by atoms with Crippen molar-refractivity contribution in [2.75, 3.05) is 5.73 Å². The summed E-state index contributed by atoms with van der Waals surface area (Å²) in [6.45, 7) is 1.92. The van der Waals surface area contributed by atoms with Crippen molar-refractivity contribution in [2.45, 2.75) is 44.4 Å². The largest absolute Gasteiger partial charge is 0.399 e. The number of carbonyl (C=O) groups excluding carboxylic acids is 1. The molecule has 2 saturated heterocycles. The first kappa shape index (κ1) is 14.2. The number of hydrogen-bond acceptors (Lipinski definition) is 3. The molecule has 1 aromatic carbocycles. The van der Waals surface area contributed by atoms with Gasteiger partial charge in [-0.25, -0.2) is 0 Å². The second-order valence-corrected chi connectivity index (χ2v) is 5.26. The predicted octanol–water partition coefficient (Wildman–Crippen LogP) is 2.05. The van der Waals surface area contributed by atoms with Gasteiger partial charge in [-0.15, -0.1) is 12.4 Å². The van der Waals surface area contributed by atoms with E-state index in [1.807, 2.05) is 19.1 Å². The molecule has 5 heteroatoms. The topological polar surface area (TPSA) is 64.4 Å². The van der Waals surface area contributed by atoms with E-state index in [4.69, 9.17) is 10.5 Å². The standard InChI is InChI=1S/C14H18N2O2.ClH/c1-8-2-3-9(15)6-11(8)14(17)16-12-7-10-4-5-13(12)18-10;/h2-3,6,10,12-13H,4-5,7,15H2,1H3,(H,16,17);1H. The Kier molecular flexibility index (Phi) is 4.02. The number of ether oxygens (including phenoxy) is 1. The number of benzene rings is 1. The summed E-state index contributed by atoms with van der Waals surface area (Å²) in [5.74, 6) is -0.0408. The molecular formula is C14H19ClN2O2. The van der Waals surface area contributed by atoms with Crippen LogP contribution in [0.2, 0.25) is 0 Å². The third-order valence-corrected chi connectivity index (χ3v) is 3.93. The van der Waals surface area contributed by atoms with Crippen molar-refractivity contribution in [3.8, 4) is 0 Å². The Balaban J connectivity index is 0.00000133. The first-order valence-electron chi connectivity index (χ1n) is 6.46. The van der Waals surface area contributed by atoms with Gasteiger partial charge in [-0.05, 0) is 43.9 Å². The molecule has 1 aromatic rings. The molecule has 0 radical (unpaired) electrons. The summed E-state index contributed by atoms with van der Waals surface area (Å²) in [5.41, 5.74) is 7.96. The Hall–Kier alpha value is -1.26. The van der Waals surface area contributed by atoms with E-state index >= 15 is 0 Å². The van der Waals surface area contributed by atoms with E-state index in [1.54, 1.807) is 6.07 Å². The van der Waals surface area contributed by atoms with Crippen molar-refractivity contribution < 1.29 is 9.53 Å². The molecular weight excluding hydrogens is 264 g/mol. The lowest BCUT2D eigenvalue weighted by Crippen LogP contribution is -2.41. The molecule has 0 spiro atoms. The van der Waals surface area contributed by atoms with Gasteiger partial charge in [-0.1, -0.05) is 6.07 Å². The minimum Gasteiger partial charge on any atom is -0.399 e. The first-order valence-corrected chi connectivity index (χ1v) is 6.46. The SMILES string of the molecule is Cc1ccc(N)cc1C(=O)NC1CC2CCC1O2.Cl. The number of nitrogen functional groups attached to an aromatic ring is 1. The van der Waals surface area contributed by atoms with Crippen LogP contribution in [0.25, 0.3) is 0 Å². The van der Waals surface area contributed by atoms with Crippen LogP contribution in [0, 0.1) is 6.92 Å². The van der Waals surface area contributed by atoms with E-state index in [0.29, 0.717) is 17.4 Å². The van der Waals surface area contributed by atoms with Crippen molar-refractivity contribution in [3.05, 3.63) is 29.3 Å². The molecule has 2 bridgehead atoms. The Morgan fingerprint density at radius 2 is 2.21 bits per heavy atom. The van der Waals surface area contributed by atoms with Crippen LogP contribution in [-0.4, -0.2) is 24.2 Å². The lowest BCUT2D eigenvalue weighted by molar-refractivity contribution is 0.0840. The number of rotatable bonds is 2. The van der Waals surface area contributed by atoms with Gasteiger partial charge in [-0.2, -0.15) is 0 Å². The Morgan fingerprint density at radius 3 is 2.84 bits per heavy atom. The zero-order valence-corrected chi connectivity index (χ0v) is 11.7. The van der Waals surface area contributed by atoms with Crippen molar-refractivity contribution in [2.24, 2.45) is 0 Å². The molecule has 3 atom stereocenters. The quantitative estimate of drug-likeness (QED) is 0.816. The molecule has 2 fully saturated rings. The molecule has 0 aromatic heterocycles. The van der Waals surface area contributed by atoms with E-state index in [-0.39, 0.29) is 30.5 Å². The van der Waals surface area contributed by atoms with Crippen molar-refractivity contribution in [1.29, 1.82) is 0 Å². The third-order valence-electron chi connectivity index (χ3n) is 3.93. The number of halogens is 1. The van der Waals surface area contributed by atoms with E-state index in [9.17, 15) is 4.79 Å². The summed E-state index contributed by atoms with van der Waals surface area (Å²) in [6.07, 6.45) is 3.69. The van der Waals surface area contributed by atoms with Gasteiger partial charge < -0.3 is 15.8 Å². The van der Waals surface area contributed by atoms with Crippen LogP contribution in [-0.2, 0) is 4.74 Å². The molecule has 19 heavy (non-hydrogen) atoms. The molecule has 3 N–H and O–H groups in total. The van der Waals surface area contributed by atoms with E-state index < -0.39 is 0 Å². The normalized spacial score (nSPS) is 27.9. The number of anilines is 1. The maximum atomic E-state index is 12.2. The summed E-state index contributed by atoms with van der Waals surface area (Å²) in [4.78, 5) is 12.2. The summed E-state index contributed by atoms with van der Waals surface area (Å²) >= 11 is 0. The molecule has 2 aliphatic rings. The smallest absolute Gasteiger partial charge is 0.251 e. The highest BCUT2D eigenvalue weighted by molar-refractivity contribution is 5.96. The van der Waals surface area contributed by atoms with Crippen LogP contribution in [0.4, 0.5) is 5.69 Å². The predicted molar refractivity (Wildman–Crippen MR) is 76.6 cm³/mol. The number of nitrogens with one attached hydrogen (secondary N) is 1. The fraction of sp³-hybridized carbons (Fsp3) is 0.500. The minimum absolute atomic E-state index is 0. The Bertz CT molecular complexity index is 492. The summed E-state index contributed by atoms with van der Waals surface area (Å²) < 4.78 is 5.74. The maximum Gasteiger partial charge on any atom is 0.251 e. The van der Waals surface area contributed by atoms with Gasteiger partial charge in [0.05, 0.1) is 18.2 Å². The number of amides is 1. The summed E-state index contributed by atoms with van der Waals surface area (Å²) in [6, 6.07) is 5.59. The van der Waals surface area contributed by atoms with Gasteiger partial charge in [0.2, 0.25) is 0 Å². The maximum absolute atomic E-state index is 12.2. The van der Waals surface area contributed by atoms with Crippen LogP contribution in [0.3, 0.4) is 0 Å². The van der Waals surface area contributed by atoms with Crippen LogP contribution in [0.1, 0.15) is 35.2 Å². The second-order valence-electron chi connectivity index (χ2n) is 5.26. The van der Waals surface area contributed by atoms with Crippen molar-refractivity contribution in [3.63, 3.8) is 0 Å². The molecule has 0 saturated carbocycles. The highest BCUT2D eigenvalue weighted by Crippen LogP contribution is 2.34. The zero-order valence-electron chi connectivity index (χ0n) is 10.9. The lowest BCUT2D eigenvalue weighted by Gasteiger charge is -2.20. The van der Waals surface area contributed by atoms with Crippen molar-refractivity contribution in [1.82, 2.24) is 5.32 Å². The number of fused-ring (bicyclic) bond motifs is 2. The van der Waals surface area contributed by atoms with Crippen LogP contribution in [0.5, 0.6) is 0 Å². The monoisotopic (exact) mass is 282 g/mol. The molecule has 3 rings (SSSR count). The number of aryl methyl sites for hydroxylation is 1. The van der Waals surface area contributed by atoms with Gasteiger partial charge in [0.15, 0.2) is 0 Å². The average molecular weight is 283 g/mol.